The molecule has 0 aliphatic heterocycles. The second-order valence-corrected chi connectivity index (χ2v) is 6.96. The molecule has 0 aliphatic carbocycles. The molecule has 7 heteroatoms. The molecule has 0 aliphatic rings. The van der Waals surface area contributed by atoms with Crippen LogP contribution < -0.4 is 5.32 Å². The van der Waals surface area contributed by atoms with E-state index in [-0.39, 0.29) is 5.09 Å². The van der Waals surface area contributed by atoms with Crippen molar-refractivity contribution in [3.05, 3.63) is 17.9 Å². The van der Waals surface area contributed by atoms with E-state index in [9.17, 15) is 8.42 Å². The van der Waals surface area contributed by atoms with Crippen LogP contribution in [0.3, 0.4) is 0 Å². The van der Waals surface area contributed by atoms with Crippen molar-refractivity contribution in [2.75, 3.05) is 40.8 Å². The van der Waals surface area contributed by atoms with Crippen LogP contribution in [0.4, 0.5) is 0 Å². The van der Waals surface area contributed by atoms with Gasteiger partial charge in [0, 0.05) is 13.6 Å². The normalized spacial score (nSPS) is 12.5. The molecule has 0 bridgehead atoms. The van der Waals surface area contributed by atoms with Gasteiger partial charge in [0.25, 0.3) is 10.0 Å². The van der Waals surface area contributed by atoms with Crippen LogP contribution in [0.1, 0.15) is 19.1 Å². The molecule has 1 heterocycles. The summed E-state index contributed by atoms with van der Waals surface area (Å²) in [7, 11) is 1.99. The average Bonchev–Trinajstić information content (AvgIpc) is 2.85. The molecule has 0 unspecified atom stereocenters. The van der Waals surface area contributed by atoms with Crippen LogP contribution in [0.2, 0.25) is 0 Å². The number of rotatable bonds is 9. The van der Waals surface area contributed by atoms with Gasteiger partial charge < -0.3 is 14.6 Å². The minimum absolute atomic E-state index is 0.0118. The zero-order chi connectivity index (χ0) is 15.2. The molecule has 1 N–H and O–H groups in total. The summed E-state index contributed by atoms with van der Waals surface area (Å²) in [5, 5.41) is 3.11. The first-order valence-corrected chi connectivity index (χ1v) is 8.22. The van der Waals surface area contributed by atoms with E-state index in [1.54, 1.807) is 13.1 Å². The molecule has 0 aromatic carbocycles. The molecule has 116 valence electrons. The lowest BCUT2D eigenvalue weighted by Crippen LogP contribution is -2.29. The SMILES string of the molecule is CCNCc1ccc(S(=O)(=O)N(C)CCCN(C)C)o1. The zero-order valence-corrected chi connectivity index (χ0v) is 13.5. The first-order valence-electron chi connectivity index (χ1n) is 6.78. The first kappa shape index (κ1) is 17.2. The van der Waals surface area contributed by atoms with Gasteiger partial charge in [0.05, 0.1) is 6.54 Å². The number of hydrogen-bond acceptors (Lipinski definition) is 5. The van der Waals surface area contributed by atoms with Crippen molar-refractivity contribution >= 4 is 10.0 Å². The topological polar surface area (TPSA) is 65.8 Å². The van der Waals surface area contributed by atoms with Crippen LogP contribution in [-0.4, -0.2) is 58.4 Å². The second-order valence-electron chi connectivity index (χ2n) is 4.98. The van der Waals surface area contributed by atoms with Gasteiger partial charge in [-0.3, -0.25) is 0 Å². The number of furan rings is 1. The highest BCUT2D eigenvalue weighted by molar-refractivity contribution is 7.89. The number of sulfonamides is 1. The lowest BCUT2D eigenvalue weighted by molar-refractivity contribution is 0.356. The molecule has 0 radical (unpaired) electrons. The Hall–Kier alpha value is -0.890. The largest absolute Gasteiger partial charge is 0.447 e. The van der Waals surface area contributed by atoms with Gasteiger partial charge >= 0.3 is 0 Å². The third-order valence-corrected chi connectivity index (χ3v) is 4.66. The Morgan fingerprint density at radius 3 is 2.50 bits per heavy atom. The Morgan fingerprint density at radius 1 is 1.20 bits per heavy atom. The first-order chi connectivity index (χ1) is 9.37. The predicted molar refractivity (Wildman–Crippen MR) is 79.1 cm³/mol. The van der Waals surface area contributed by atoms with E-state index < -0.39 is 10.0 Å². The predicted octanol–water partition coefficient (Wildman–Crippen LogP) is 0.961. The fourth-order valence-electron chi connectivity index (χ4n) is 1.72. The fourth-order valence-corrected chi connectivity index (χ4v) is 2.85. The highest BCUT2D eigenvalue weighted by atomic mass is 32.2. The molecule has 0 spiro atoms. The quantitative estimate of drug-likeness (QED) is 0.736. The Balaban J connectivity index is 2.64. The third kappa shape index (κ3) is 4.90. The standard InChI is InChI=1S/C13H25N3O3S/c1-5-14-11-12-7-8-13(19-12)20(17,18)16(4)10-6-9-15(2)3/h7-8,14H,5-6,9-11H2,1-4H3. The summed E-state index contributed by atoms with van der Waals surface area (Å²) in [6.45, 7) is 4.66. The van der Waals surface area contributed by atoms with Crippen LogP contribution in [0, 0.1) is 0 Å². The Bertz CT molecular complexity index is 497. The Morgan fingerprint density at radius 2 is 1.90 bits per heavy atom. The van der Waals surface area contributed by atoms with E-state index >= 15 is 0 Å². The van der Waals surface area contributed by atoms with E-state index in [1.165, 1.54) is 10.4 Å². The zero-order valence-electron chi connectivity index (χ0n) is 12.7. The molecule has 20 heavy (non-hydrogen) atoms. The summed E-state index contributed by atoms with van der Waals surface area (Å²) in [6, 6.07) is 3.22. The van der Waals surface area contributed by atoms with Crippen LogP contribution in [0.5, 0.6) is 0 Å². The fraction of sp³-hybridized carbons (Fsp3) is 0.692. The summed E-state index contributed by atoms with van der Waals surface area (Å²) in [5.41, 5.74) is 0. The van der Waals surface area contributed by atoms with Crippen LogP contribution >= 0.6 is 0 Å². The van der Waals surface area contributed by atoms with E-state index in [0.717, 1.165) is 19.5 Å². The van der Waals surface area contributed by atoms with Crippen LogP contribution in [-0.2, 0) is 16.6 Å². The van der Waals surface area contributed by atoms with Crippen molar-refractivity contribution in [3.63, 3.8) is 0 Å². The molecule has 1 aromatic rings. The smallest absolute Gasteiger partial charge is 0.276 e. The van der Waals surface area contributed by atoms with E-state index in [4.69, 9.17) is 4.42 Å². The van der Waals surface area contributed by atoms with Gasteiger partial charge in [-0.15, -0.1) is 0 Å². The van der Waals surface area contributed by atoms with Gasteiger partial charge in [-0.2, -0.15) is 4.31 Å². The molecular formula is C13H25N3O3S. The van der Waals surface area contributed by atoms with Crippen molar-refractivity contribution in [1.29, 1.82) is 0 Å². The molecule has 1 aromatic heterocycles. The van der Waals surface area contributed by atoms with Gasteiger partial charge in [-0.25, -0.2) is 8.42 Å². The molecule has 0 fully saturated rings. The summed E-state index contributed by atoms with van der Waals surface area (Å²) in [6.07, 6.45) is 0.785. The lowest BCUT2D eigenvalue weighted by Gasteiger charge is -2.16. The van der Waals surface area contributed by atoms with Gasteiger partial charge in [0.1, 0.15) is 5.76 Å². The number of nitrogens with zero attached hydrogens (tertiary/aromatic N) is 2. The van der Waals surface area contributed by atoms with Crippen LogP contribution in [0.25, 0.3) is 0 Å². The molecule has 1 rings (SSSR count). The Labute approximate surface area is 121 Å². The summed E-state index contributed by atoms with van der Waals surface area (Å²) in [4.78, 5) is 2.03. The van der Waals surface area contributed by atoms with Crippen LogP contribution in [0.15, 0.2) is 21.6 Å². The van der Waals surface area contributed by atoms with E-state index in [1.807, 2.05) is 25.9 Å². The molecule has 0 amide bonds. The second kappa shape index (κ2) is 7.78. The summed E-state index contributed by atoms with van der Waals surface area (Å²) in [5.74, 6) is 0.632. The maximum atomic E-state index is 12.3. The number of nitrogens with one attached hydrogen (secondary N) is 1. The van der Waals surface area contributed by atoms with E-state index in [0.29, 0.717) is 18.8 Å². The van der Waals surface area contributed by atoms with Gasteiger partial charge in [0.15, 0.2) is 0 Å². The minimum atomic E-state index is -3.52. The molecule has 0 atom stereocenters. The van der Waals surface area contributed by atoms with Gasteiger partial charge in [0.2, 0.25) is 5.09 Å². The maximum absolute atomic E-state index is 12.3. The average molecular weight is 303 g/mol. The minimum Gasteiger partial charge on any atom is -0.447 e. The summed E-state index contributed by atoms with van der Waals surface area (Å²) < 4.78 is 31.3. The molecule has 0 saturated carbocycles. The molecular weight excluding hydrogens is 278 g/mol. The maximum Gasteiger partial charge on any atom is 0.276 e. The Kier molecular flexibility index (Phi) is 6.67. The highest BCUT2D eigenvalue weighted by Crippen LogP contribution is 2.18. The van der Waals surface area contributed by atoms with Crippen molar-refractivity contribution in [2.45, 2.75) is 25.0 Å². The van der Waals surface area contributed by atoms with Crippen molar-refractivity contribution < 1.29 is 12.8 Å². The van der Waals surface area contributed by atoms with Gasteiger partial charge in [-0.1, -0.05) is 6.92 Å². The van der Waals surface area contributed by atoms with Crippen molar-refractivity contribution in [2.24, 2.45) is 0 Å². The monoisotopic (exact) mass is 303 g/mol. The van der Waals surface area contributed by atoms with E-state index in [2.05, 4.69) is 5.32 Å². The third-order valence-electron chi connectivity index (χ3n) is 2.93. The van der Waals surface area contributed by atoms with Crippen molar-refractivity contribution in [3.8, 4) is 0 Å². The molecule has 6 nitrogen and oxygen atoms in total. The molecule has 0 saturated heterocycles. The highest BCUT2D eigenvalue weighted by Gasteiger charge is 2.24. The van der Waals surface area contributed by atoms with Gasteiger partial charge in [-0.05, 0) is 45.7 Å². The lowest BCUT2D eigenvalue weighted by atomic mass is 10.4. The van der Waals surface area contributed by atoms with Crippen molar-refractivity contribution in [1.82, 2.24) is 14.5 Å². The summed E-state index contributed by atoms with van der Waals surface area (Å²) >= 11 is 0. The number of hydrogen-bond donors (Lipinski definition) is 1.